The third-order valence-corrected chi connectivity index (χ3v) is 6.07. The Morgan fingerprint density at radius 1 is 0.694 bits per heavy atom. The minimum absolute atomic E-state index is 0.306. The highest BCUT2D eigenvalue weighted by molar-refractivity contribution is 5.94. The fourth-order valence-electron chi connectivity index (χ4n) is 3.98. The van der Waals surface area contributed by atoms with Crippen molar-refractivity contribution < 1.29 is 28.7 Å². The van der Waals surface area contributed by atoms with Gasteiger partial charge in [-0.2, -0.15) is 0 Å². The van der Waals surface area contributed by atoms with Gasteiger partial charge in [-0.05, 0) is 33.8 Å². The van der Waals surface area contributed by atoms with Crippen molar-refractivity contribution in [3.8, 4) is 0 Å². The Morgan fingerprint density at radius 2 is 1.03 bits per heavy atom. The molecule has 2 aliphatic rings. The van der Waals surface area contributed by atoms with Gasteiger partial charge in [0.1, 0.15) is 0 Å². The number of hydrogen-bond acceptors (Lipinski definition) is 7. The predicted octanol–water partition coefficient (Wildman–Crippen LogP) is 2.31. The Morgan fingerprint density at radius 3 is 1.36 bits per heavy atom. The number of carbonyl (C=O) groups is 4. The van der Waals surface area contributed by atoms with Gasteiger partial charge >= 0.3 is 24.2 Å². The topological polar surface area (TPSA) is 137 Å². The van der Waals surface area contributed by atoms with Crippen molar-refractivity contribution in [3.05, 3.63) is 17.5 Å². The maximum atomic E-state index is 12.8. The minimum Gasteiger partial charge on any atom is -0.450 e. The van der Waals surface area contributed by atoms with Crippen molar-refractivity contribution >= 4 is 35.6 Å². The molecular formula is C23H35N7O6. The molecule has 198 valence electrons. The molecule has 3 heterocycles. The number of nitrogens with one attached hydrogen (secondary N) is 2. The minimum atomic E-state index is -0.376. The van der Waals surface area contributed by atoms with Crippen LogP contribution in [-0.2, 0) is 9.47 Å². The lowest BCUT2D eigenvalue weighted by Gasteiger charge is -2.34. The summed E-state index contributed by atoms with van der Waals surface area (Å²) in [5.41, 5.74) is 2.21. The molecule has 3 rings (SSSR count). The van der Waals surface area contributed by atoms with E-state index in [1.807, 2.05) is 0 Å². The number of rotatable bonds is 4. The van der Waals surface area contributed by atoms with E-state index in [-0.39, 0.29) is 24.2 Å². The van der Waals surface area contributed by atoms with Gasteiger partial charge < -0.3 is 39.7 Å². The second kappa shape index (κ2) is 12.3. The molecule has 2 N–H and O–H groups in total. The highest BCUT2D eigenvalue weighted by atomic mass is 16.6. The smallest absolute Gasteiger partial charge is 0.409 e. The number of urea groups is 2. The van der Waals surface area contributed by atoms with Crippen LogP contribution in [0.1, 0.15) is 25.2 Å². The van der Waals surface area contributed by atoms with Crippen molar-refractivity contribution in [2.45, 2.75) is 27.7 Å². The Kier molecular flexibility index (Phi) is 9.14. The molecule has 0 aliphatic carbocycles. The number of amides is 6. The molecule has 13 heteroatoms. The van der Waals surface area contributed by atoms with E-state index in [9.17, 15) is 19.2 Å². The molecule has 1 aromatic rings. The summed E-state index contributed by atoms with van der Waals surface area (Å²) in [4.78, 5) is 60.3. The molecule has 0 bridgehead atoms. The summed E-state index contributed by atoms with van der Waals surface area (Å²) in [7, 11) is 0. The number of hydrogen-bond donors (Lipinski definition) is 2. The molecule has 2 fully saturated rings. The van der Waals surface area contributed by atoms with Gasteiger partial charge in [0.2, 0.25) is 0 Å². The molecule has 0 aromatic carbocycles. The van der Waals surface area contributed by atoms with Crippen LogP contribution in [0.5, 0.6) is 0 Å². The fourth-order valence-corrected chi connectivity index (χ4v) is 3.98. The maximum Gasteiger partial charge on any atom is 0.409 e. The van der Waals surface area contributed by atoms with Crippen LogP contribution in [0.4, 0.5) is 30.6 Å². The molecule has 0 atom stereocenters. The lowest BCUT2D eigenvalue weighted by molar-refractivity contribution is 0.0865. The van der Waals surface area contributed by atoms with E-state index in [1.165, 1.54) is 0 Å². The highest BCUT2D eigenvalue weighted by Crippen LogP contribution is 2.23. The van der Waals surface area contributed by atoms with Crippen molar-refractivity contribution in [2.24, 2.45) is 0 Å². The average molecular weight is 506 g/mol. The molecule has 0 unspecified atom stereocenters. The second-order valence-corrected chi connectivity index (χ2v) is 8.46. The summed E-state index contributed by atoms with van der Waals surface area (Å²) < 4.78 is 10.0. The second-order valence-electron chi connectivity index (χ2n) is 8.46. The van der Waals surface area contributed by atoms with Crippen LogP contribution >= 0.6 is 0 Å². The first-order valence-electron chi connectivity index (χ1n) is 12.2. The van der Waals surface area contributed by atoms with Gasteiger partial charge in [0.25, 0.3) is 0 Å². The van der Waals surface area contributed by atoms with E-state index in [1.54, 1.807) is 53.4 Å². The number of piperazine rings is 2. The summed E-state index contributed by atoms with van der Waals surface area (Å²) >= 11 is 0. The predicted molar refractivity (Wildman–Crippen MR) is 132 cm³/mol. The Bertz CT molecular complexity index is 899. The zero-order chi connectivity index (χ0) is 26.2. The van der Waals surface area contributed by atoms with Gasteiger partial charge in [-0.1, -0.05) is 0 Å². The molecule has 36 heavy (non-hydrogen) atoms. The van der Waals surface area contributed by atoms with Crippen molar-refractivity contribution in [3.63, 3.8) is 0 Å². The third kappa shape index (κ3) is 6.67. The molecule has 0 radical (unpaired) electrons. The number of anilines is 2. The van der Waals surface area contributed by atoms with Crippen LogP contribution < -0.4 is 10.6 Å². The van der Waals surface area contributed by atoms with Gasteiger partial charge in [0.15, 0.2) is 0 Å². The van der Waals surface area contributed by atoms with Crippen LogP contribution in [0, 0.1) is 13.8 Å². The van der Waals surface area contributed by atoms with Crippen LogP contribution in [-0.4, -0.2) is 114 Å². The van der Waals surface area contributed by atoms with E-state index >= 15 is 0 Å². The maximum absolute atomic E-state index is 12.8. The number of aryl methyl sites for hydroxylation is 2. The van der Waals surface area contributed by atoms with Crippen LogP contribution in [0.2, 0.25) is 0 Å². The average Bonchev–Trinajstić information content (AvgIpc) is 2.87. The first kappa shape index (κ1) is 26.8. The summed E-state index contributed by atoms with van der Waals surface area (Å²) in [5.74, 6) is 0. The lowest BCUT2D eigenvalue weighted by Crippen LogP contribution is -2.52. The molecule has 13 nitrogen and oxygen atoms in total. The van der Waals surface area contributed by atoms with Gasteiger partial charge in [-0.25, -0.2) is 19.2 Å². The normalized spacial score (nSPS) is 15.9. The van der Waals surface area contributed by atoms with E-state index < -0.39 is 0 Å². The molecule has 2 aliphatic heterocycles. The largest absolute Gasteiger partial charge is 0.450 e. The number of pyridine rings is 1. The SMILES string of the molecule is CCOC(=O)N1CCN(C(=O)Nc2cc(NC(=O)N3CCN(C(=O)OCC)CC3)c(C)nc2C)CC1. The van der Waals surface area contributed by atoms with Crippen LogP contribution in [0.25, 0.3) is 0 Å². The number of carbonyl (C=O) groups excluding carboxylic acids is 4. The standard InChI is InChI=1S/C23H35N7O6/c1-5-35-22(33)29-11-7-27(8-12-29)20(31)25-18-15-19(17(4)24-16(18)3)26-21(32)28-9-13-30(14-10-28)23(34)36-6-2/h15H,5-14H2,1-4H3,(H,25,31)(H,26,32). The molecular weight excluding hydrogens is 470 g/mol. The van der Waals surface area contributed by atoms with Gasteiger partial charge in [0, 0.05) is 52.4 Å². The van der Waals surface area contributed by atoms with Crippen molar-refractivity contribution in [2.75, 3.05) is 76.2 Å². The Hall–Kier alpha value is -3.77. The monoisotopic (exact) mass is 505 g/mol. The lowest BCUT2D eigenvalue weighted by atomic mass is 10.2. The number of aromatic nitrogens is 1. The van der Waals surface area contributed by atoms with Gasteiger partial charge in [0.05, 0.1) is 36.0 Å². The summed E-state index contributed by atoms with van der Waals surface area (Å²) in [5, 5.41) is 5.73. The van der Waals surface area contributed by atoms with E-state index in [0.29, 0.717) is 88.3 Å². The van der Waals surface area contributed by atoms with Crippen molar-refractivity contribution in [1.82, 2.24) is 24.6 Å². The third-order valence-electron chi connectivity index (χ3n) is 6.07. The summed E-state index contributed by atoms with van der Waals surface area (Å²) in [6.45, 7) is 10.8. The van der Waals surface area contributed by atoms with E-state index in [0.717, 1.165) is 0 Å². The molecule has 6 amide bonds. The molecule has 0 saturated carbocycles. The first-order valence-corrected chi connectivity index (χ1v) is 12.2. The summed E-state index contributed by atoms with van der Waals surface area (Å²) in [6, 6.07) is 1.08. The molecule has 0 spiro atoms. The number of nitrogens with zero attached hydrogens (tertiary/aromatic N) is 5. The van der Waals surface area contributed by atoms with Crippen molar-refractivity contribution in [1.29, 1.82) is 0 Å². The van der Waals surface area contributed by atoms with Gasteiger partial charge in [-0.15, -0.1) is 0 Å². The zero-order valence-corrected chi connectivity index (χ0v) is 21.3. The number of ether oxygens (including phenoxy) is 2. The highest BCUT2D eigenvalue weighted by Gasteiger charge is 2.27. The van der Waals surface area contributed by atoms with Crippen LogP contribution in [0.3, 0.4) is 0 Å². The Labute approximate surface area is 210 Å². The molecule has 1 aromatic heterocycles. The summed E-state index contributed by atoms with van der Waals surface area (Å²) in [6.07, 6.45) is -0.752. The fraction of sp³-hybridized carbons (Fsp3) is 0.609. The quantitative estimate of drug-likeness (QED) is 0.641. The molecule has 2 saturated heterocycles. The zero-order valence-electron chi connectivity index (χ0n) is 21.3. The first-order chi connectivity index (χ1) is 17.2. The van der Waals surface area contributed by atoms with E-state index in [2.05, 4.69) is 15.6 Å². The van der Waals surface area contributed by atoms with Gasteiger partial charge in [-0.3, -0.25) is 4.98 Å². The van der Waals surface area contributed by atoms with Crippen LogP contribution in [0.15, 0.2) is 6.07 Å². The Balaban J connectivity index is 1.57. The van der Waals surface area contributed by atoms with E-state index in [4.69, 9.17) is 9.47 Å².